The van der Waals surface area contributed by atoms with Gasteiger partial charge < -0.3 is 19.0 Å². The standard InChI is InChI=1S/C13H19NO4/c1-15-13-8-10(4-7-17-14)2-3-12(13)18-11-5-6-16-9-11/h2-3,8,11H,4-7,9,14H2,1H3. The van der Waals surface area contributed by atoms with Crippen LogP contribution in [0.4, 0.5) is 0 Å². The first-order valence-corrected chi connectivity index (χ1v) is 6.06. The molecule has 0 aliphatic carbocycles. The third-order valence-corrected chi connectivity index (χ3v) is 2.92. The first kappa shape index (κ1) is 13.1. The summed E-state index contributed by atoms with van der Waals surface area (Å²) in [6.07, 6.45) is 1.79. The van der Waals surface area contributed by atoms with Crippen LogP contribution in [0, 0.1) is 0 Å². The van der Waals surface area contributed by atoms with E-state index in [-0.39, 0.29) is 6.10 Å². The Hall–Kier alpha value is -1.30. The Kier molecular flexibility index (Phi) is 4.81. The summed E-state index contributed by atoms with van der Waals surface area (Å²) in [5, 5.41) is 0. The minimum atomic E-state index is 0.122. The van der Waals surface area contributed by atoms with Crippen LogP contribution in [0.1, 0.15) is 12.0 Å². The quantitative estimate of drug-likeness (QED) is 0.774. The smallest absolute Gasteiger partial charge is 0.161 e. The normalized spacial score (nSPS) is 18.9. The molecule has 1 saturated heterocycles. The molecular formula is C13H19NO4. The van der Waals surface area contributed by atoms with Crippen molar-refractivity contribution in [3.05, 3.63) is 23.8 Å². The van der Waals surface area contributed by atoms with Crippen molar-refractivity contribution >= 4 is 0 Å². The molecular weight excluding hydrogens is 234 g/mol. The molecule has 1 aliphatic rings. The maximum atomic E-state index is 5.85. The second kappa shape index (κ2) is 6.58. The van der Waals surface area contributed by atoms with Crippen LogP contribution in [0.3, 0.4) is 0 Å². The summed E-state index contributed by atoms with van der Waals surface area (Å²) < 4.78 is 16.5. The van der Waals surface area contributed by atoms with E-state index in [1.54, 1.807) is 7.11 Å². The van der Waals surface area contributed by atoms with E-state index < -0.39 is 0 Å². The van der Waals surface area contributed by atoms with Crippen LogP contribution in [-0.4, -0.2) is 33.0 Å². The summed E-state index contributed by atoms with van der Waals surface area (Å²) in [6.45, 7) is 1.89. The van der Waals surface area contributed by atoms with Crippen LogP contribution in [0.25, 0.3) is 0 Å². The van der Waals surface area contributed by atoms with E-state index in [0.717, 1.165) is 36.5 Å². The second-order valence-corrected chi connectivity index (χ2v) is 4.21. The summed E-state index contributed by atoms with van der Waals surface area (Å²) in [5.74, 6) is 6.50. The Labute approximate surface area is 107 Å². The van der Waals surface area contributed by atoms with Crippen molar-refractivity contribution in [3.8, 4) is 11.5 Å². The summed E-state index contributed by atoms with van der Waals surface area (Å²) in [6, 6.07) is 5.86. The molecule has 0 radical (unpaired) electrons. The maximum absolute atomic E-state index is 5.85. The lowest BCUT2D eigenvalue weighted by Crippen LogP contribution is -2.16. The van der Waals surface area contributed by atoms with Gasteiger partial charge in [-0.15, -0.1) is 0 Å². The molecule has 0 amide bonds. The maximum Gasteiger partial charge on any atom is 0.161 e. The average molecular weight is 253 g/mol. The molecule has 0 saturated carbocycles. The molecule has 2 N–H and O–H groups in total. The lowest BCUT2D eigenvalue weighted by atomic mass is 10.1. The van der Waals surface area contributed by atoms with Crippen LogP contribution < -0.4 is 15.4 Å². The van der Waals surface area contributed by atoms with Crippen LogP contribution in [0.2, 0.25) is 0 Å². The molecule has 1 aromatic carbocycles. The van der Waals surface area contributed by atoms with Gasteiger partial charge in [-0.3, -0.25) is 0 Å². The van der Waals surface area contributed by atoms with Gasteiger partial charge in [0, 0.05) is 6.42 Å². The lowest BCUT2D eigenvalue weighted by molar-refractivity contribution is 0.138. The highest BCUT2D eigenvalue weighted by Gasteiger charge is 2.19. The average Bonchev–Trinajstić information content (AvgIpc) is 2.90. The fourth-order valence-electron chi connectivity index (χ4n) is 1.93. The van der Waals surface area contributed by atoms with E-state index in [4.69, 9.17) is 20.1 Å². The van der Waals surface area contributed by atoms with Gasteiger partial charge in [-0.1, -0.05) is 6.07 Å². The molecule has 0 bridgehead atoms. The van der Waals surface area contributed by atoms with Gasteiger partial charge in [-0.2, -0.15) is 0 Å². The highest BCUT2D eigenvalue weighted by atomic mass is 16.6. The van der Waals surface area contributed by atoms with E-state index in [1.807, 2.05) is 18.2 Å². The van der Waals surface area contributed by atoms with Gasteiger partial charge >= 0.3 is 0 Å². The molecule has 0 spiro atoms. The number of hydrogen-bond donors (Lipinski definition) is 1. The summed E-state index contributed by atoms with van der Waals surface area (Å²) in [4.78, 5) is 4.57. The van der Waals surface area contributed by atoms with Crippen molar-refractivity contribution < 1.29 is 19.0 Å². The van der Waals surface area contributed by atoms with Gasteiger partial charge in [0.1, 0.15) is 6.10 Å². The Morgan fingerprint density at radius 1 is 1.39 bits per heavy atom. The molecule has 1 aliphatic heterocycles. The number of hydrogen-bond acceptors (Lipinski definition) is 5. The van der Waals surface area contributed by atoms with Crippen molar-refractivity contribution in [1.29, 1.82) is 0 Å². The van der Waals surface area contributed by atoms with Crippen molar-refractivity contribution in [3.63, 3.8) is 0 Å². The molecule has 18 heavy (non-hydrogen) atoms. The predicted molar refractivity (Wildman–Crippen MR) is 66.7 cm³/mol. The minimum Gasteiger partial charge on any atom is -0.493 e. The van der Waals surface area contributed by atoms with Gasteiger partial charge in [0.25, 0.3) is 0 Å². The van der Waals surface area contributed by atoms with Crippen LogP contribution in [-0.2, 0) is 16.0 Å². The second-order valence-electron chi connectivity index (χ2n) is 4.21. The molecule has 0 aromatic heterocycles. The third kappa shape index (κ3) is 3.35. The van der Waals surface area contributed by atoms with Crippen LogP contribution in [0.5, 0.6) is 11.5 Å². The zero-order valence-corrected chi connectivity index (χ0v) is 10.6. The van der Waals surface area contributed by atoms with E-state index in [0.29, 0.717) is 13.2 Å². The Morgan fingerprint density at radius 2 is 2.28 bits per heavy atom. The molecule has 1 fully saturated rings. The number of rotatable bonds is 6. The van der Waals surface area contributed by atoms with Crippen LogP contribution in [0.15, 0.2) is 18.2 Å². The molecule has 100 valence electrons. The van der Waals surface area contributed by atoms with E-state index in [2.05, 4.69) is 4.84 Å². The van der Waals surface area contributed by atoms with Crippen molar-refractivity contribution in [1.82, 2.24) is 0 Å². The summed E-state index contributed by atoms with van der Waals surface area (Å²) in [5.41, 5.74) is 1.10. The van der Waals surface area contributed by atoms with Gasteiger partial charge in [0.15, 0.2) is 11.5 Å². The van der Waals surface area contributed by atoms with Gasteiger partial charge in [0.05, 0.1) is 26.9 Å². The number of benzene rings is 1. The first-order chi connectivity index (χ1) is 8.83. The number of nitrogens with two attached hydrogens (primary N) is 1. The summed E-state index contributed by atoms with van der Waals surface area (Å²) in [7, 11) is 1.64. The van der Waals surface area contributed by atoms with E-state index in [1.165, 1.54) is 0 Å². The predicted octanol–water partition coefficient (Wildman–Crippen LogP) is 1.30. The molecule has 1 atom stereocenters. The lowest BCUT2D eigenvalue weighted by Gasteiger charge is -2.15. The largest absolute Gasteiger partial charge is 0.493 e. The van der Waals surface area contributed by atoms with Gasteiger partial charge in [-0.05, 0) is 24.1 Å². The Morgan fingerprint density at radius 3 is 2.94 bits per heavy atom. The monoisotopic (exact) mass is 253 g/mol. The van der Waals surface area contributed by atoms with Crippen molar-refractivity contribution in [2.24, 2.45) is 5.90 Å². The molecule has 1 unspecified atom stereocenters. The number of methoxy groups -OCH3 is 1. The first-order valence-electron chi connectivity index (χ1n) is 6.06. The topological polar surface area (TPSA) is 62.9 Å². The number of ether oxygens (including phenoxy) is 3. The van der Waals surface area contributed by atoms with E-state index >= 15 is 0 Å². The van der Waals surface area contributed by atoms with Gasteiger partial charge in [-0.25, -0.2) is 5.90 Å². The molecule has 1 aromatic rings. The minimum absolute atomic E-state index is 0.122. The third-order valence-electron chi connectivity index (χ3n) is 2.92. The Balaban J connectivity index is 2.04. The zero-order chi connectivity index (χ0) is 12.8. The molecule has 5 heteroatoms. The molecule has 5 nitrogen and oxygen atoms in total. The van der Waals surface area contributed by atoms with Crippen molar-refractivity contribution in [2.75, 3.05) is 26.9 Å². The van der Waals surface area contributed by atoms with Crippen LogP contribution >= 0.6 is 0 Å². The van der Waals surface area contributed by atoms with E-state index in [9.17, 15) is 0 Å². The van der Waals surface area contributed by atoms with Gasteiger partial charge in [0.2, 0.25) is 0 Å². The Bertz CT molecular complexity index is 377. The highest BCUT2D eigenvalue weighted by Crippen LogP contribution is 2.30. The summed E-state index contributed by atoms with van der Waals surface area (Å²) >= 11 is 0. The fraction of sp³-hybridized carbons (Fsp3) is 0.538. The highest BCUT2D eigenvalue weighted by molar-refractivity contribution is 5.43. The zero-order valence-electron chi connectivity index (χ0n) is 10.6. The molecule has 1 heterocycles. The SMILES string of the molecule is COc1cc(CCON)ccc1OC1CCOC1. The molecule has 2 rings (SSSR count). The van der Waals surface area contributed by atoms with Crippen molar-refractivity contribution in [2.45, 2.75) is 18.9 Å². The fourth-order valence-corrected chi connectivity index (χ4v) is 1.93.